The van der Waals surface area contributed by atoms with Crippen LogP contribution >= 0.6 is 0 Å². The van der Waals surface area contributed by atoms with Crippen molar-refractivity contribution in [2.45, 2.75) is 39.8 Å². The molecule has 1 aromatic heterocycles. The van der Waals surface area contributed by atoms with E-state index in [1.165, 1.54) is 18.2 Å². The highest BCUT2D eigenvalue weighted by atomic mass is 19.3. The van der Waals surface area contributed by atoms with E-state index in [0.717, 1.165) is 20.0 Å². The number of carbonyl (C=O) groups is 1. The van der Waals surface area contributed by atoms with Crippen molar-refractivity contribution in [3.63, 3.8) is 0 Å². The van der Waals surface area contributed by atoms with Crippen molar-refractivity contribution in [2.24, 2.45) is 0 Å². The minimum atomic E-state index is -3.34. The van der Waals surface area contributed by atoms with Crippen molar-refractivity contribution < 1.29 is 23.1 Å². The van der Waals surface area contributed by atoms with Gasteiger partial charge in [0.2, 0.25) is 0 Å². The van der Waals surface area contributed by atoms with Crippen molar-refractivity contribution in [3.8, 4) is 11.1 Å². The van der Waals surface area contributed by atoms with Crippen LogP contribution in [-0.4, -0.2) is 53.3 Å². The number of likely N-dealkylation sites (N-methyl/N-ethyl adjacent to an activating group) is 1. The van der Waals surface area contributed by atoms with Gasteiger partial charge in [-0.3, -0.25) is 4.79 Å². The van der Waals surface area contributed by atoms with E-state index in [9.17, 15) is 14.3 Å². The average molecular weight is 527 g/mol. The highest BCUT2D eigenvalue weighted by Crippen LogP contribution is 2.44. The predicted octanol–water partition coefficient (Wildman–Crippen LogP) is 5.60. The first-order chi connectivity index (χ1) is 18.0. The van der Waals surface area contributed by atoms with E-state index in [0.29, 0.717) is 46.7 Å². The van der Waals surface area contributed by atoms with Crippen LogP contribution in [0.25, 0.3) is 22.8 Å². The second-order valence-corrected chi connectivity index (χ2v) is 9.47. The number of carbonyl (C=O) groups excluding carboxylic acids is 1. The molecule has 0 aliphatic carbocycles. The highest BCUT2D eigenvalue weighted by molar-refractivity contribution is 6.02. The summed E-state index contributed by atoms with van der Waals surface area (Å²) >= 11 is 0. The number of rotatable bonds is 9. The van der Waals surface area contributed by atoms with Gasteiger partial charge in [0.1, 0.15) is 5.82 Å². The minimum Gasteiger partial charge on any atom is -0.369 e. The molecular weight excluding hydrogens is 493 g/mol. The van der Waals surface area contributed by atoms with Crippen LogP contribution in [0.15, 0.2) is 42.5 Å². The summed E-state index contributed by atoms with van der Waals surface area (Å²) in [4.78, 5) is 18.1. The zero-order chi connectivity index (χ0) is 27.6. The first kappa shape index (κ1) is 27.5. The predicted molar refractivity (Wildman–Crippen MR) is 145 cm³/mol. The van der Waals surface area contributed by atoms with Gasteiger partial charge in [-0.05, 0) is 55.4 Å². The molecule has 0 fully saturated rings. The maximum Gasteiger partial charge on any atom is 0.273 e. The number of nitrogens with zero attached hydrogens (tertiary/aromatic N) is 1. The number of hydrogen-bond donors (Lipinski definition) is 4. The van der Waals surface area contributed by atoms with E-state index < -0.39 is 29.4 Å². The second kappa shape index (κ2) is 11.0. The van der Waals surface area contributed by atoms with Crippen molar-refractivity contribution in [3.05, 3.63) is 76.4 Å². The molecule has 0 bridgehead atoms. The lowest BCUT2D eigenvalue weighted by Gasteiger charge is -2.19. The van der Waals surface area contributed by atoms with Crippen LogP contribution in [0.2, 0.25) is 0 Å². The lowest BCUT2D eigenvalue weighted by molar-refractivity contribution is 0.0163. The Balaban J connectivity index is 1.78. The van der Waals surface area contributed by atoms with E-state index in [-0.39, 0.29) is 11.3 Å². The number of aromatic nitrogens is 1. The van der Waals surface area contributed by atoms with Gasteiger partial charge in [0.15, 0.2) is 6.23 Å². The Hall–Kier alpha value is -3.56. The van der Waals surface area contributed by atoms with Crippen LogP contribution in [0.4, 0.5) is 18.9 Å². The number of hydrogen-bond acceptors (Lipinski definition) is 4. The minimum absolute atomic E-state index is 0.0293. The van der Waals surface area contributed by atoms with Gasteiger partial charge in [-0.2, -0.15) is 0 Å². The van der Waals surface area contributed by atoms with Gasteiger partial charge in [0.05, 0.1) is 11.1 Å². The number of alkyl halides is 2. The fourth-order valence-electron chi connectivity index (χ4n) is 5.00. The molecule has 4 N–H and O–H groups in total. The molecule has 38 heavy (non-hydrogen) atoms. The van der Waals surface area contributed by atoms with Crippen LogP contribution in [0.1, 0.15) is 53.6 Å². The molecule has 9 heteroatoms. The molecule has 1 amide bonds. The standard InChI is InChI=1S/C29H33F3N4O2/c1-5-36(6-2)14-13-33-28(38)24-17(3)34-23(26(24)29(4,31)32)16-21-25-20(18-9-7-10-19(30)15-18)11-8-12-22(25)35-27(21)37/h7-12,15-16,27,34-35,37H,5-6,13-14H2,1-4H3,(H,33,38)/b21-16-. The Morgan fingerprint density at radius 3 is 2.55 bits per heavy atom. The van der Waals surface area contributed by atoms with E-state index in [4.69, 9.17) is 0 Å². The van der Waals surface area contributed by atoms with Crippen LogP contribution in [0.5, 0.6) is 0 Å². The number of aliphatic hydroxyl groups excluding tert-OH is 1. The molecule has 2 aromatic carbocycles. The molecule has 2 heterocycles. The smallest absolute Gasteiger partial charge is 0.273 e. The summed E-state index contributed by atoms with van der Waals surface area (Å²) in [5, 5.41) is 16.6. The van der Waals surface area contributed by atoms with Crippen LogP contribution in [0.3, 0.4) is 0 Å². The third-order valence-corrected chi connectivity index (χ3v) is 6.87. The molecule has 1 aliphatic heterocycles. The van der Waals surface area contributed by atoms with Gasteiger partial charge in [0.25, 0.3) is 11.8 Å². The molecule has 1 unspecified atom stereocenters. The summed E-state index contributed by atoms with van der Waals surface area (Å²) in [6.45, 7) is 8.92. The summed E-state index contributed by atoms with van der Waals surface area (Å²) in [6.07, 6.45) is 0.256. The fourth-order valence-corrected chi connectivity index (χ4v) is 5.00. The van der Waals surface area contributed by atoms with Gasteiger partial charge in [-0.1, -0.05) is 38.1 Å². The molecule has 1 atom stereocenters. The summed E-state index contributed by atoms with van der Waals surface area (Å²) in [5.74, 6) is -4.34. The molecule has 1 aliphatic rings. The molecule has 3 aromatic rings. The number of aliphatic hydroxyl groups is 1. The summed E-state index contributed by atoms with van der Waals surface area (Å²) in [6, 6.07) is 11.4. The number of benzene rings is 2. The Morgan fingerprint density at radius 1 is 1.18 bits per heavy atom. The van der Waals surface area contributed by atoms with E-state index in [1.54, 1.807) is 37.3 Å². The van der Waals surface area contributed by atoms with E-state index >= 15 is 8.78 Å². The average Bonchev–Trinajstić information content (AvgIpc) is 3.37. The number of fused-ring (bicyclic) bond motifs is 1. The van der Waals surface area contributed by atoms with Crippen LogP contribution < -0.4 is 10.6 Å². The lowest BCUT2D eigenvalue weighted by atomic mass is 9.93. The summed E-state index contributed by atoms with van der Waals surface area (Å²) in [7, 11) is 0. The third kappa shape index (κ3) is 5.49. The Kier molecular flexibility index (Phi) is 7.99. The Labute approximate surface area is 220 Å². The zero-order valence-corrected chi connectivity index (χ0v) is 22.0. The number of nitrogens with one attached hydrogen (secondary N) is 3. The highest BCUT2D eigenvalue weighted by Gasteiger charge is 2.37. The van der Waals surface area contributed by atoms with Gasteiger partial charge >= 0.3 is 0 Å². The number of aryl methyl sites for hydroxylation is 1. The topological polar surface area (TPSA) is 80.4 Å². The Morgan fingerprint density at radius 2 is 1.89 bits per heavy atom. The molecule has 6 nitrogen and oxygen atoms in total. The van der Waals surface area contributed by atoms with Crippen LogP contribution in [-0.2, 0) is 5.92 Å². The molecule has 0 saturated carbocycles. The van der Waals surface area contributed by atoms with Crippen molar-refractivity contribution in [2.75, 3.05) is 31.5 Å². The third-order valence-electron chi connectivity index (χ3n) is 6.87. The van der Waals surface area contributed by atoms with Crippen molar-refractivity contribution in [1.82, 2.24) is 15.2 Å². The summed E-state index contributed by atoms with van der Waals surface area (Å²) < 4.78 is 44.0. The van der Waals surface area contributed by atoms with Gasteiger partial charge in [0, 0.05) is 48.2 Å². The second-order valence-electron chi connectivity index (χ2n) is 9.47. The normalized spacial score (nSPS) is 16.1. The number of amides is 1. The SMILES string of the molecule is CCN(CC)CCNC(=O)c1c(C)[nH]c(/C=C2/c3c(cccc3-c3cccc(F)c3)NC2O)c1C(C)(F)F. The first-order valence-electron chi connectivity index (χ1n) is 12.7. The maximum atomic E-state index is 15.0. The van der Waals surface area contributed by atoms with Gasteiger partial charge in [-0.15, -0.1) is 0 Å². The number of H-pyrrole nitrogens is 1. The monoisotopic (exact) mass is 526 g/mol. The van der Waals surface area contributed by atoms with Gasteiger partial charge in [-0.25, -0.2) is 13.2 Å². The van der Waals surface area contributed by atoms with Crippen molar-refractivity contribution >= 4 is 23.2 Å². The maximum absolute atomic E-state index is 15.0. The number of anilines is 1. The molecular formula is C29H33F3N4O2. The fraction of sp³-hybridized carbons (Fsp3) is 0.345. The Bertz CT molecular complexity index is 1360. The van der Waals surface area contributed by atoms with E-state index in [2.05, 4.69) is 20.5 Å². The molecule has 0 radical (unpaired) electrons. The molecule has 202 valence electrons. The molecule has 0 saturated heterocycles. The van der Waals surface area contributed by atoms with E-state index in [1.807, 2.05) is 13.8 Å². The lowest BCUT2D eigenvalue weighted by Crippen LogP contribution is -2.35. The molecule has 0 spiro atoms. The molecule has 4 rings (SSSR count). The van der Waals surface area contributed by atoms with Gasteiger partial charge < -0.3 is 25.6 Å². The largest absolute Gasteiger partial charge is 0.369 e. The van der Waals surface area contributed by atoms with Crippen LogP contribution in [0, 0.1) is 12.7 Å². The zero-order valence-electron chi connectivity index (χ0n) is 22.0. The van der Waals surface area contributed by atoms with Crippen molar-refractivity contribution in [1.29, 1.82) is 0 Å². The number of halogens is 3. The first-order valence-corrected chi connectivity index (χ1v) is 12.7. The summed E-state index contributed by atoms with van der Waals surface area (Å²) in [5.41, 5.74) is 2.51. The quantitative estimate of drug-likeness (QED) is 0.293. The number of aromatic amines is 1.